The molecule has 1 aliphatic carbocycles. The van der Waals surface area contributed by atoms with Crippen LogP contribution in [0.15, 0.2) is 24.3 Å². The monoisotopic (exact) mass is 302 g/mol. The molecule has 0 atom stereocenters. The van der Waals surface area contributed by atoms with Gasteiger partial charge in [0.15, 0.2) is 0 Å². The van der Waals surface area contributed by atoms with Gasteiger partial charge >= 0.3 is 11.8 Å². The maximum atomic E-state index is 11.8. The van der Waals surface area contributed by atoms with Gasteiger partial charge in [0.1, 0.15) is 0 Å². The third kappa shape index (κ3) is 3.76. The van der Waals surface area contributed by atoms with Crippen molar-refractivity contribution in [3.8, 4) is 0 Å². The fraction of sp³-hybridized carbons (Fsp3) is 0.500. The van der Waals surface area contributed by atoms with Crippen LogP contribution in [-0.2, 0) is 9.59 Å². The van der Waals surface area contributed by atoms with Crippen LogP contribution in [0.25, 0.3) is 0 Å². The van der Waals surface area contributed by atoms with Crippen molar-refractivity contribution in [2.24, 2.45) is 0 Å². The summed E-state index contributed by atoms with van der Waals surface area (Å²) in [5.41, 5.74) is 1.79. The van der Waals surface area contributed by atoms with Gasteiger partial charge in [0, 0.05) is 43.6 Å². The molecular weight excluding hydrogens is 280 g/mol. The number of carbonyl (C=O) groups excluding carboxylic acids is 2. The van der Waals surface area contributed by atoms with Crippen LogP contribution >= 0.6 is 0 Å². The molecule has 1 saturated heterocycles. The predicted molar refractivity (Wildman–Crippen MR) is 85.9 cm³/mol. The summed E-state index contributed by atoms with van der Waals surface area (Å²) in [5.74, 6) is -1.15. The van der Waals surface area contributed by atoms with Crippen molar-refractivity contribution in [1.29, 1.82) is 0 Å². The topological polar surface area (TPSA) is 64.7 Å². The third-order valence-electron chi connectivity index (χ3n) is 4.11. The van der Waals surface area contributed by atoms with Crippen LogP contribution in [0.1, 0.15) is 12.8 Å². The van der Waals surface area contributed by atoms with Gasteiger partial charge < -0.3 is 20.4 Å². The number of carbonyl (C=O) groups is 2. The van der Waals surface area contributed by atoms with E-state index < -0.39 is 11.8 Å². The van der Waals surface area contributed by atoms with Crippen LogP contribution in [0.5, 0.6) is 0 Å². The molecule has 0 spiro atoms. The van der Waals surface area contributed by atoms with Gasteiger partial charge in [-0.05, 0) is 44.2 Å². The molecule has 0 bridgehead atoms. The number of anilines is 2. The molecule has 2 fully saturated rings. The number of piperazine rings is 1. The first-order valence-electron chi connectivity index (χ1n) is 7.77. The molecule has 1 aliphatic heterocycles. The summed E-state index contributed by atoms with van der Waals surface area (Å²) in [7, 11) is 2.13. The number of rotatable bonds is 3. The Hall–Kier alpha value is -2.08. The van der Waals surface area contributed by atoms with Crippen molar-refractivity contribution >= 4 is 23.2 Å². The van der Waals surface area contributed by atoms with Crippen molar-refractivity contribution in [3.63, 3.8) is 0 Å². The van der Waals surface area contributed by atoms with Gasteiger partial charge in [0.05, 0.1) is 0 Å². The van der Waals surface area contributed by atoms with Crippen molar-refractivity contribution in [2.75, 3.05) is 43.4 Å². The van der Waals surface area contributed by atoms with E-state index in [0.717, 1.165) is 44.7 Å². The highest BCUT2D eigenvalue weighted by molar-refractivity contribution is 6.39. The first-order valence-corrected chi connectivity index (χ1v) is 7.77. The standard InChI is InChI=1S/C16H22N4O2/c1-19-8-10-20(11-9-19)14-6-4-13(5-7-14)18-16(22)15(21)17-12-2-3-12/h4-7,12H,2-3,8-11H2,1H3,(H,17,21)(H,18,22). The summed E-state index contributed by atoms with van der Waals surface area (Å²) in [6.07, 6.45) is 1.94. The van der Waals surface area contributed by atoms with E-state index in [4.69, 9.17) is 0 Å². The highest BCUT2D eigenvalue weighted by Crippen LogP contribution is 2.20. The molecule has 22 heavy (non-hydrogen) atoms. The summed E-state index contributed by atoms with van der Waals surface area (Å²) >= 11 is 0. The van der Waals surface area contributed by atoms with E-state index in [-0.39, 0.29) is 6.04 Å². The molecule has 1 aromatic carbocycles. The van der Waals surface area contributed by atoms with Crippen molar-refractivity contribution in [2.45, 2.75) is 18.9 Å². The van der Waals surface area contributed by atoms with Crippen LogP contribution in [0.2, 0.25) is 0 Å². The van der Waals surface area contributed by atoms with E-state index in [1.54, 1.807) is 0 Å². The van der Waals surface area contributed by atoms with Crippen LogP contribution in [0.3, 0.4) is 0 Å². The van der Waals surface area contributed by atoms with Gasteiger partial charge in [0.25, 0.3) is 0 Å². The third-order valence-corrected chi connectivity index (χ3v) is 4.11. The van der Waals surface area contributed by atoms with E-state index in [1.807, 2.05) is 24.3 Å². The summed E-state index contributed by atoms with van der Waals surface area (Å²) in [6, 6.07) is 7.85. The fourth-order valence-electron chi connectivity index (χ4n) is 2.49. The average molecular weight is 302 g/mol. The lowest BCUT2D eigenvalue weighted by molar-refractivity contribution is -0.136. The Morgan fingerprint density at radius 1 is 1.00 bits per heavy atom. The minimum Gasteiger partial charge on any atom is -0.369 e. The molecule has 2 aliphatic rings. The van der Waals surface area contributed by atoms with Gasteiger partial charge in [-0.25, -0.2) is 0 Å². The van der Waals surface area contributed by atoms with Gasteiger partial charge in [-0.3, -0.25) is 9.59 Å². The second-order valence-corrected chi connectivity index (χ2v) is 6.04. The van der Waals surface area contributed by atoms with Gasteiger partial charge in [-0.2, -0.15) is 0 Å². The molecule has 6 heteroatoms. The van der Waals surface area contributed by atoms with Gasteiger partial charge in [-0.1, -0.05) is 0 Å². The number of nitrogens with zero attached hydrogens (tertiary/aromatic N) is 2. The fourth-order valence-corrected chi connectivity index (χ4v) is 2.49. The molecular formula is C16H22N4O2. The summed E-state index contributed by atoms with van der Waals surface area (Å²) in [6.45, 7) is 4.12. The lowest BCUT2D eigenvalue weighted by atomic mass is 10.2. The van der Waals surface area contributed by atoms with Crippen LogP contribution in [0, 0.1) is 0 Å². The van der Waals surface area contributed by atoms with Crippen molar-refractivity contribution < 1.29 is 9.59 Å². The quantitative estimate of drug-likeness (QED) is 0.805. The van der Waals surface area contributed by atoms with E-state index in [9.17, 15) is 9.59 Å². The normalized spacial score (nSPS) is 18.9. The average Bonchev–Trinajstić information content (AvgIpc) is 3.33. The second kappa shape index (κ2) is 6.36. The first kappa shape index (κ1) is 14.8. The van der Waals surface area contributed by atoms with Crippen LogP contribution in [0.4, 0.5) is 11.4 Å². The van der Waals surface area contributed by atoms with E-state index in [0.29, 0.717) is 5.69 Å². The molecule has 1 heterocycles. The molecule has 0 aromatic heterocycles. The molecule has 0 radical (unpaired) electrons. The Bertz CT molecular complexity index is 546. The zero-order valence-corrected chi connectivity index (χ0v) is 12.8. The Morgan fingerprint density at radius 3 is 2.23 bits per heavy atom. The first-order chi connectivity index (χ1) is 10.6. The van der Waals surface area contributed by atoms with Gasteiger partial charge in [-0.15, -0.1) is 0 Å². The number of hydrogen-bond donors (Lipinski definition) is 2. The number of amides is 2. The minimum absolute atomic E-state index is 0.192. The Kier molecular flexibility index (Phi) is 4.29. The zero-order chi connectivity index (χ0) is 15.5. The van der Waals surface area contributed by atoms with Crippen molar-refractivity contribution in [1.82, 2.24) is 10.2 Å². The maximum Gasteiger partial charge on any atom is 0.313 e. The lowest BCUT2D eigenvalue weighted by Gasteiger charge is -2.34. The molecule has 1 aromatic rings. The molecule has 118 valence electrons. The molecule has 0 unspecified atom stereocenters. The highest BCUT2D eigenvalue weighted by Gasteiger charge is 2.26. The van der Waals surface area contributed by atoms with E-state index in [1.165, 1.54) is 0 Å². The second-order valence-electron chi connectivity index (χ2n) is 6.04. The maximum absolute atomic E-state index is 11.8. The largest absolute Gasteiger partial charge is 0.369 e. The van der Waals surface area contributed by atoms with Crippen molar-refractivity contribution in [3.05, 3.63) is 24.3 Å². The van der Waals surface area contributed by atoms with E-state index in [2.05, 4.69) is 27.5 Å². The number of benzene rings is 1. The predicted octanol–water partition coefficient (Wildman–Crippen LogP) is 0.655. The number of likely N-dealkylation sites (N-methyl/N-ethyl adjacent to an activating group) is 1. The minimum atomic E-state index is -0.598. The number of nitrogens with one attached hydrogen (secondary N) is 2. The van der Waals surface area contributed by atoms with E-state index >= 15 is 0 Å². The molecule has 2 N–H and O–H groups in total. The Morgan fingerprint density at radius 2 is 1.64 bits per heavy atom. The smallest absolute Gasteiger partial charge is 0.313 e. The van der Waals surface area contributed by atoms with Crippen LogP contribution < -0.4 is 15.5 Å². The summed E-state index contributed by atoms with van der Waals surface area (Å²) in [4.78, 5) is 28.0. The molecule has 3 rings (SSSR count). The lowest BCUT2D eigenvalue weighted by Crippen LogP contribution is -2.44. The Labute approximate surface area is 130 Å². The number of hydrogen-bond acceptors (Lipinski definition) is 4. The van der Waals surface area contributed by atoms with Crippen LogP contribution in [-0.4, -0.2) is 56.0 Å². The highest BCUT2D eigenvalue weighted by atomic mass is 16.2. The van der Waals surface area contributed by atoms with Gasteiger partial charge in [0.2, 0.25) is 0 Å². The Balaban J connectivity index is 1.54. The SMILES string of the molecule is CN1CCN(c2ccc(NC(=O)C(=O)NC3CC3)cc2)CC1. The summed E-state index contributed by atoms with van der Waals surface area (Å²) < 4.78 is 0. The zero-order valence-electron chi connectivity index (χ0n) is 12.8. The summed E-state index contributed by atoms with van der Waals surface area (Å²) in [5, 5.41) is 5.31. The molecule has 6 nitrogen and oxygen atoms in total. The molecule has 1 saturated carbocycles. The molecule has 2 amide bonds.